The molecule has 3 rings (SSSR count). The molecule has 2 saturated carbocycles. The third-order valence-corrected chi connectivity index (χ3v) is 4.59. The predicted molar refractivity (Wildman–Crippen MR) is 81.8 cm³/mol. The number of amides is 1. The van der Waals surface area contributed by atoms with Gasteiger partial charge in [-0.15, -0.1) is 0 Å². The summed E-state index contributed by atoms with van der Waals surface area (Å²) < 4.78 is 5.30. The van der Waals surface area contributed by atoms with E-state index in [-0.39, 0.29) is 11.8 Å². The maximum Gasteiger partial charge on any atom is 0.227 e. The average Bonchev–Trinajstić information content (AvgIpc) is 3.05. The lowest BCUT2D eigenvalue weighted by atomic mass is 10.0. The maximum atomic E-state index is 12.3. The van der Waals surface area contributed by atoms with Crippen LogP contribution in [-0.2, 0) is 4.79 Å². The van der Waals surface area contributed by atoms with E-state index in [1.807, 2.05) is 0 Å². The molecule has 2 aliphatic carbocycles. The highest BCUT2D eigenvalue weighted by molar-refractivity contribution is 7.80. The lowest BCUT2D eigenvalue weighted by Gasteiger charge is -2.15. The number of benzene rings is 1. The molecule has 0 heterocycles. The van der Waals surface area contributed by atoms with Crippen LogP contribution < -0.4 is 15.8 Å². The van der Waals surface area contributed by atoms with Crippen molar-refractivity contribution in [3.05, 3.63) is 23.8 Å². The zero-order valence-electron chi connectivity index (χ0n) is 11.4. The summed E-state index contributed by atoms with van der Waals surface area (Å²) in [6, 6.07) is 5.34. The molecule has 1 amide bonds. The van der Waals surface area contributed by atoms with Gasteiger partial charge in [0.1, 0.15) is 10.7 Å². The standard InChI is InChI=1S/C15H18N2O2S/c1-19-13-7-8(14(16)20)2-3-12(13)17-15(18)11-5-9-4-10(9)6-11/h2-3,7,9-11H,4-6H2,1H3,(H2,16,20)(H,17,18). The summed E-state index contributed by atoms with van der Waals surface area (Å²) in [5.74, 6) is 2.43. The van der Waals surface area contributed by atoms with Crippen LogP contribution in [0.2, 0.25) is 0 Å². The summed E-state index contributed by atoms with van der Waals surface area (Å²) in [4.78, 5) is 12.6. The first-order valence-corrected chi connectivity index (χ1v) is 7.28. The Morgan fingerprint density at radius 2 is 2.05 bits per heavy atom. The number of rotatable bonds is 4. The fourth-order valence-electron chi connectivity index (χ4n) is 3.11. The van der Waals surface area contributed by atoms with Crippen LogP contribution in [0.25, 0.3) is 0 Å². The third-order valence-electron chi connectivity index (χ3n) is 4.36. The molecule has 2 fully saturated rings. The predicted octanol–water partition coefficient (Wildman–Crippen LogP) is 2.31. The highest BCUT2D eigenvalue weighted by Gasteiger charge is 2.48. The molecule has 0 bridgehead atoms. The van der Waals surface area contributed by atoms with E-state index in [1.165, 1.54) is 6.42 Å². The number of nitrogens with one attached hydrogen (secondary N) is 1. The van der Waals surface area contributed by atoms with Crippen molar-refractivity contribution in [2.75, 3.05) is 12.4 Å². The number of nitrogens with two attached hydrogens (primary N) is 1. The van der Waals surface area contributed by atoms with E-state index in [1.54, 1.807) is 25.3 Å². The number of fused-ring (bicyclic) bond motifs is 1. The molecular weight excluding hydrogens is 272 g/mol. The van der Waals surface area contributed by atoms with Gasteiger partial charge in [-0.2, -0.15) is 0 Å². The highest BCUT2D eigenvalue weighted by atomic mass is 32.1. The molecule has 0 spiro atoms. The van der Waals surface area contributed by atoms with Gasteiger partial charge < -0.3 is 15.8 Å². The molecule has 2 atom stereocenters. The molecule has 0 radical (unpaired) electrons. The molecule has 0 saturated heterocycles. The zero-order valence-corrected chi connectivity index (χ0v) is 12.2. The smallest absolute Gasteiger partial charge is 0.227 e. The van der Waals surface area contributed by atoms with Gasteiger partial charge in [-0.1, -0.05) is 12.2 Å². The van der Waals surface area contributed by atoms with Crippen LogP contribution in [-0.4, -0.2) is 18.0 Å². The second kappa shape index (κ2) is 5.05. The molecule has 4 nitrogen and oxygen atoms in total. The van der Waals surface area contributed by atoms with Gasteiger partial charge >= 0.3 is 0 Å². The molecule has 2 unspecified atom stereocenters. The zero-order chi connectivity index (χ0) is 14.3. The Morgan fingerprint density at radius 1 is 1.35 bits per heavy atom. The maximum absolute atomic E-state index is 12.3. The fraction of sp³-hybridized carbons (Fsp3) is 0.467. The first-order valence-electron chi connectivity index (χ1n) is 6.87. The first-order chi connectivity index (χ1) is 9.58. The quantitative estimate of drug-likeness (QED) is 0.835. The SMILES string of the molecule is COc1cc(C(N)=S)ccc1NC(=O)C1CC2CC2C1. The Kier molecular flexibility index (Phi) is 3.38. The molecule has 1 aromatic carbocycles. The van der Waals surface area contributed by atoms with Crippen molar-refractivity contribution >= 4 is 28.8 Å². The van der Waals surface area contributed by atoms with Crippen molar-refractivity contribution in [2.24, 2.45) is 23.5 Å². The first kappa shape index (κ1) is 13.4. The summed E-state index contributed by atoms with van der Waals surface area (Å²) >= 11 is 4.94. The summed E-state index contributed by atoms with van der Waals surface area (Å²) in [5.41, 5.74) is 7.01. The molecule has 0 aliphatic heterocycles. The highest BCUT2D eigenvalue weighted by Crippen LogP contribution is 2.54. The number of thiocarbonyl (C=S) groups is 1. The number of ether oxygens (including phenoxy) is 1. The Labute approximate surface area is 123 Å². The van der Waals surface area contributed by atoms with Gasteiger partial charge in [0, 0.05) is 11.5 Å². The van der Waals surface area contributed by atoms with Crippen LogP contribution in [0.1, 0.15) is 24.8 Å². The van der Waals surface area contributed by atoms with Gasteiger partial charge in [0.15, 0.2) is 0 Å². The van der Waals surface area contributed by atoms with Crippen LogP contribution in [0.5, 0.6) is 5.75 Å². The molecule has 0 aromatic heterocycles. The minimum atomic E-state index is 0.0959. The van der Waals surface area contributed by atoms with Crippen LogP contribution in [0.15, 0.2) is 18.2 Å². The fourth-order valence-corrected chi connectivity index (χ4v) is 3.24. The molecule has 1 aromatic rings. The normalized spacial score (nSPS) is 26.8. The van der Waals surface area contributed by atoms with E-state index >= 15 is 0 Å². The largest absolute Gasteiger partial charge is 0.495 e. The summed E-state index contributed by atoms with van der Waals surface area (Å²) in [6.07, 6.45) is 3.38. The van der Waals surface area contributed by atoms with Crippen LogP contribution >= 0.6 is 12.2 Å². The summed E-state index contributed by atoms with van der Waals surface area (Å²) in [5, 5.41) is 2.96. The molecule has 2 aliphatic rings. The number of hydrogen-bond acceptors (Lipinski definition) is 3. The molecular formula is C15H18N2O2S. The van der Waals surface area contributed by atoms with Crippen molar-refractivity contribution in [2.45, 2.75) is 19.3 Å². The Balaban J connectivity index is 1.72. The lowest BCUT2D eigenvalue weighted by molar-refractivity contribution is -0.120. The number of carbonyl (C=O) groups is 1. The molecule has 3 N–H and O–H groups in total. The van der Waals surface area contributed by atoms with E-state index in [9.17, 15) is 4.79 Å². The van der Waals surface area contributed by atoms with Gasteiger partial charge in [-0.25, -0.2) is 0 Å². The van der Waals surface area contributed by atoms with Crippen molar-refractivity contribution < 1.29 is 9.53 Å². The summed E-state index contributed by atoms with van der Waals surface area (Å²) in [7, 11) is 1.57. The topological polar surface area (TPSA) is 64.3 Å². The third kappa shape index (κ3) is 2.50. The Hall–Kier alpha value is -1.62. The van der Waals surface area contributed by atoms with E-state index in [0.29, 0.717) is 16.4 Å². The molecule has 106 valence electrons. The number of carbonyl (C=O) groups excluding carboxylic acids is 1. The average molecular weight is 290 g/mol. The van der Waals surface area contributed by atoms with E-state index in [2.05, 4.69) is 5.32 Å². The van der Waals surface area contributed by atoms with Gasteiger partial charge in [0.05, 0.1) is 12.8 Å². The molecule has 20 heavy (non-hydrogen) atoms. The Bertz CT molecular complexity index is 563. The Morgan fingerprint density at radius 3 is 2.65 bits per heavy atom. The van der Waals surface area contributed by atoms with Crippen molar-refractivity contribution in [3.63, 3.8) is 0 Å². The van der Waals surface area contributed by atoms with Gasteiger partial charge in [-0.05, 0) is 49.3 Å². The second-order valence-corrected chi connectivity index (χ2v) is 6.13. The lowest BCUT2D eigenvalue weighted by Crippen LogP contribution is -2.22. The van der Waals surface area contributed by atoms with Gasteiger partial charge in [0.25, 0.3) is 0 Å². The minimum Gasteiger partial charge on any atom is -0.495 e. The monoisotopic (exact) mass is 290 g/mol. The minimum absolute atomic E-state index is 0.0959. The van der Waals surface area contributed by atoms with E-state index < -0.39 is 0 Å². The van der Waals surface area contributed by atoms with Crippen molar-refractivity contribution in [1.29, 1.82) is 0 Å². The van der Waals surface area contributed by atoms with Crippen LogP contribution in [0.4, 0.5) is 5.69 Å². The summed E-state index contributed by atoms with van der Waals surface area (Å²) in [6.45, 7) is 0. The molecule has 5 heteroatoms. The number of hydrogen-bond donors (Lipinski definition) is 2. The number of methoxy groups -OCH3 is 1. The van der Waals surface area contributed by atoms with Crippen molar-refractivity contribution in [3.8, 4) is 5.75 Å². The van der Waals surface area contributed by atoms with E-state index in [0.717, 1.165) is 30.2 Å². The number of anilines is 1. The van der Waals surface area contributed by atoms with Crippen molar-refractivity contribution in [1.82, 2.24) is 0 Å². The second-order valence-electron chi connectivity index (χ2n) is 5.69. The van der Waals surface area contributed by atoms with Crippen LogP contribution in [0, 0.1) is 17.8 Å². The van der Waals surface area contributed by atoms with Crippen LogP contribution in [0.3, 0.4) is 0 Å². The van der Waals surface area contributed by atoms with Gasteiger partial charge in [-0.3, -0.25) is 4.79 Å². The van der Waals surface area contributed by atoms with E-state index in [4.69, 9.17) is 22.7 Å². The van der Waals surface area contributed by atoms with Gasteiger partial charge in [0.2, 0.25) is 5.91 Å².